The Morgan fingerprint density at radius 3 is 2.42 bits per heavy atom. The first-order valence-electron chi connectivity index (χ1n) is 8.91. The van der Waals surface area contributed by atoms with Gasteiger partial charge in [-0.1, -0.05) is 18.2 Å². The Hall–Kier alpha value is -2.57. The van der Waals surface area contributed by atoms with E-state index in [0.717, 1.165) is 44.2 Å². The summed E-state index contributed by atoms with van der Waals surface area (Å²) in [7, 11) is 0. The van der Waals surface area contributed by atoms with Crippen LogP contribution < -0.4 is 15.4 Å². The zero-order valence-electron chi connectivity index (χ0n) is 14.8. The highest BCUT2D eigenvalue weighted by Crippen LogP contribution is 2.19. The molecule has 2 N–H and O–H groups in total. The number of benzene rings is 2. The van der Waals surface area contributed by atoms with E-state index in [1.165, 1.54) is 0 Å². The van der Waals surface area contributed by atoms with Crippen LogP contribution in [0.25, 0.3) is 0 Å². The quantitative estimate of drug-likeness (QED) is 0.761. The minimum atomic E-state index is -0.107. The van der Waals surface area contributed by atoms with Crippen molar-refractivity contribution < 1.29 is 14.3 Å². The van der Waals surface area contributed by atoms with Crippen molar-refractivity contribution in [2.75, 3.05) is 51.3 Å². The summed E-state index contributed by atoms with van der Waals surface area (Å²) in [5, 5.41) is 6.19. The fourth-order valence-corrected chi connectivity index (χ4v) is 2.70. The van der Waals surface area contributed by atoms with E-state index in [1.807, 2.05) is 54.6 Å². The largest absolute Gasteiger partial charge is 0.484 e. The third-order valence-corrected chi connectivity index (χ3v) is 4.14. The minimum Gasteiger partial charge on any atom is -0.484 e. The number of para-hydroxylation sites is 1. The molecule has 2 aromatic carbocycles. The normalized spacial score (nSPS) is 14.6. The van der Waals surface area contributed by atoms with Gasteiger partial charge in [-0.15, -0.1) is 0 Å². The van der Waals surface area contributed by atoms with E-state index >= 15 is 0 Å². The first kappa shape index (κ1) is 18.2. The third kappa shape index (κ3) is 6.06. The number of nitrogens with zero attached hydrogens (tertiary/aromatic N) is 1. The molecule has 0 aromatic heterocycles. The van der Waals surface area contributed by atoms with Crippen molar-refractivity contribution in [2.24, 2.45) is 0 Å². The number of carbonyl (C=O) groups excluding carboxylic acids is 1. The number of rotatable bonds is 8. The summed E-state index contributed by atoms with van der Waals surface area (Å²) in [6.07, 6.45) is 0. The summed E-state index contributed by atoms with van der Waals surface area (Å²) < 4.78 is 10.8. The number of amides is 1. The molecule has 1 saturated heterocycles. The first-order valence-corrected chi connectivity index (χ1v) is 8.91. The van der Waals surface area contributed by atoms with Gasteiger partial charge < -0.3 is 20.1 Å². The van der Waals surface area contributed by atoms with Crippen molar-refractivity contribution in [2.45, 2.75) is 0 Å². The fraction of sp³-hybridized carbons (Fsp3) is 0.350. The summed E-state index contributed by atoms with van der Waals surface area (Å²) in [5.74, 6) is 0.566. The molecule has 0 unspecified atom stereocenters. The van der Waals surface area contributed by atoms with E-state index in [1.54, 1.807) is 0 Å². The van der Waals surface area contributed by atoms with Gasteiger partial charge in [-0.25, -0.2) is 0 Å². The lowest BCUT2D eigenvalue weighted by Gasteiger charge is -2.26. The Balaban J connectivity index is 1.35. The van der Waals surface area contributed by atoms with E-state index in [-0.39, 0.29) is 12.5 Å². The molecular weight excluding hydrogens is 330 g/mol. The Morgan fingerprint density at radius 1 is 1.00 bits per heavy atom. The smallest absolute Gasteiger partial charge is 0.257 e. The topological polar surface area (TPSA) is 62.8 Å². The minimum absolute atomic E-state index is 0.0224. The van der Waals surface area contributed by atoms with Crippen LogP contribution in [0, 0.1) is 0 Å². The van der Waals surface area contributed by atoms with Gasteiger partial charge in [0.25, 0.3) is 5.91 Å². The summed E-state index contributed by atoms with van der Waals surface area (Å²) in [6, 6.07) is 17.5. The first-order chi connectivity index (χ1) is 12.8. The molecule has 0 saturated carbocycles. The number of anilines is 2. The maximum Gasteiger partial charge on any atom is 0.257 e. The Morgan fingerprint density at radius 2 is 1.69 bits per heavy atom. The van der Waals surface area contributed by atoms with Gasteiger partial charge >= 0.3 is 0 Å². The molecule has 0 spiro atoms. The maximum absolute atomic E-state index is 11.9. The highest BCUT2D eigenvalue weighted by molar-refractivity contribution is 5.77. The van der Waals surface area contributed by atoms with Crippen LogP contribution in [0.15, 0.2) is 54.6 Å². The molecule has 0 aliphatic carbocycles. The summed E-state index contributed by atoms with van der Waals surface area (Å²) in [5.41, 5.74) is 2.00. The number of morpholine rings is 1. The van der Waals surface area contributed by atoms with Crippen molar-refractivity contribution in [3.8, 4) is 5.75 Å². The second-order valence-electron chi connectivity index (χ2n) is 6.11. The molecule has 6 heteroatoms. The van der Waals surface area contributed by atoms with Gasteiger partial charge in [0, 0.05) is 37.6 Å². The molecule has 0 bridgehead atoms. The molecule has 1 amide bonds. The molecule has 1 heterocycles. The number of carbonyl (C=O) groups is 1. The standard InChI is InChI=1S/C20H25N3O3/c24-20(21-10-11-23-12-14-25-15-13-23)16-26-19-8-6-18(7-9-19)22-17-4-2-1-3-5-17/h1-9,22H,10-16H2,(H,21,24). The zero-order valence-corrected chi connectivity index (χ0v) is 14.8. The molecule has 6 nitrogen and oxygen atoms in total. The van der Waals surface area contributed by atoms with Crippen molar-refractivity contribution in [3.05, 3.63) is 54.6 Å². The SMILES string of the molecule is O=C(COc1ccc(Nc2ccccc2)cc1)NCCN1CCOCC1. The lowest BCUT2D eigenvalue weighted by atomic mass is 10.2. The molecule has 0 atom stereocenters. The van der Waals surface area contributed by atoms with Crippen molar-refractivity contribution >= 4 is 17.3 Å². The summed E-state index contributed by atoms with van der Waals surface area (Å²) in [4.78, 5) is 14.2. The number of nitrogens with one attached hydrogen (secondary N) is 2. The lowest BCUT2D eigenvalue weighted by molar-refractivity contribution is -0.123. The van der Waals surface area contributed by atoms with Crippen LogP contribution in [-0.4, -0.2) is 56.8 Å². The van der Waals surface area contributed by atoms with Crippen molar-refractivity contribution in [1.29, 1.82) is 0 Å². The molecule has 1 aliphatic rings. The predicted octanol–water partition coefficient (Wildman–Crippen LogP) is 2.26. The molecule has 138 valence electrons. The fourth-order valence-electron chi connectivity index (χ4n) is 2.70. The van der Waals surface area contributed by atoms with Gasteiger partial charge in [0.1, 0.15) is 5.75 Å². The van der Waals surface area contributed by atoms with E-state index in [2.05, 4.69) is 15.5 Å². The Kier molecular flexibility index (Phi) is 6.87. The van der Waals surface area contributed by atoms with Gasteiger partial charge in [0.2, 0.25) is 0 Å². The van der Waals surface area contributed by atoms with Crippen LogP contribution in [0.2, 0.25) is 0 Å². The van der Waals surface area contributed by atoms with Crippen LogP contribution in [0.1, 0.15) is 0 Å². The molecular formula is C20H25N3O3. The third-order valence-electron chi connectivity index (χ3n) is 4.14. The molecule has 1 aliphatic heterocycles. The maximum atomic E-state index is 11.9. The van der Waals surface area contributed by atoms with Gasteiger partial charge in [-0.3, -0.25) is 9.69 Å². The molecule has 3 rings (SSSR count). The molecule has 1 fully saturated rings. The second kappa shape index (κ2) is 9.79. The Bertz CT molecular complexity index is 670. The van der Waals surface area contributed by atoms with Crippen LogP contribution in [0.3, 0.4) is 0 Å². The highest BCUT2D eigenvalue weighted by atomic mass is 16.5. The number of ether oxygens (including phenoxy) is 2. The van der Waals surface area contributed by atoms with Gasteiger partial charge in [0.15, 0.2) is 6.61 Å². The average molecular weight is 355 g/mol. The van der Waals surface area contributed by atoms with E-state index in [9.17, 15) is 4.79 Å². The van der Waals surface area contributed by atoms with E-state index < -0.39 is 0 Å². The predicted molar refractivity (Wildman–Crippen MR) is 102 cm³/mol. The van der Waals surface area contributed by atoms with Gasteiger partial charge in [0.05, 0.1) is 13.2 Å². The molecule has 26 heavy (non-hydrogen) atoms. The molecule has 0 radical (unpaired) electrons. The second-order valence-corrected chi connectivity index (χ2v) is 6.11. The van der Waals surface area contributed by atoms with Gasteiger partial charge in [-0.05, 0) is 36.4 Å². The zero-order chi connectivity index (χ0) is 18.0. The van der Waals surface area contributed by atoms with Crippen LogP contribution in [0.5, 0.6) is 5.75 Å². The van der Waals surface area contributed by atoms with Crippen LogP contribution in [-0.2, 0) is 9.53 Å². The van der Waals surface area contributed by atoms with Crippen LogP contribution in [0.4, 0.5) is 11.4 Å². The number of hydrogen-bond acceptors (Lipinski definition) is 5. The average Bonchev–Trinajstić information content (AvgIpc) is 2.69. The molecule has 2 aromatic rings. The monoisotopic (exact) mass is 355 g/mol. The Labute approximate surface area is 154 Å². The van der Waals surface area contributed by atoms with E-state index in [4.69, 9.17) is 9.47 Å². The van der Waals surface area contributed by atoms with Gasteiger partial charge in [-0.2, -0.15) is 0 Å². The van der Waals surface area contributed by atoms with Crippen LogP contribution >= 0.6 is 0 Å². The van der Waals surface area contributed by atoms with Crippen molar-refractivity contribution in [1.82, 2.24) is 10.2 Å². The van der Waals surface area contributed by atoms with Crippen molar-refractivity contribution in [3.63, 3.8) is 0 Å². The highest BCUT2D eigenvalue weighted by Gasteiger charge is 2.10. The number of hydrogen-bond donors (Lipinski definition) is 2. The summed E-state index contributed by atoms with van der Waals surface area (Å²) in [6.45, 7) is 4.88. The summed E-state index contributed by atoms with van der Waals surface area (Å²) >= 11 is 0. The van der Waals surface area contributed by atoms with E-state index in [0.29, 0.717) is 12.3 Å². The lowest BCUT2D eigenvalue weighted by Crippen LogP contribution is -2.42.